The van der Waals surface area contributed by atoms with Crippen molar-refractivity contribution in [3.63, 3.8) is 0 Å². The van der Waals surface area contributed by atoms with Crippen LogP contribution in [0.5, 0.6) is 0 Å². The van der Waals surface area contributed by atoms with E-state index in [9.17, 15) is 4.79 Å². The van der Waals surface area contributed by atoms with Crippen molar-refractivity contribution < 1.29 is 9.22 Å². The maximum atomic E-state index is 11.5. The van der Waals surface area contributed by atoms with Gasteiger partial charge in [0.15, 0.2) is 0 Å². The van der Waals surface area contributed by atoms with Crippen LogP contribution in [0.2, 0.25) is 5.04 Å². The number of rotatable bonds is 6. The van der Waals surface area contributed by atoms with Gasteiger partial charge in [-0.05, 0) is 29.3 Å². The van der Waals surface area contributed by atoms with E-state index in [1.807, 2.05) is 26.0 Å². The maximum Gasteiger partial charge on any atom is 0.261 e. The molecule has 25 heavy (non-hydrogen) atoms. The van der Waals surface area contributed by atoms with Gasteiger partial charge < -0.3 is 4.43 Å². The van der Waals surface area contributed by atoms with Gasteiger partial charge in [-0.25, -0.2) is 0 Å². The van der Waals surface area contributed by atoms with E-state index in [1.54, 1.807) is 0 Å². The fourth-order valence-corrected chi connectivity index (χ4v) is 7.77. The summed E-state index contributed by atoms with van der Waals surface area (Å²) in [5, 5.41) is 2.38. The number of hydrogen-bond acceptors (Lipinski definition) is 2. The molecule has 2 aromatic carbocycles. The highest BCUT2D eigenvalue weighted by atomic mass is 28.4. The Labute approximate surface area is 152 Å². The van der Waals surface area contributed by atoms with Crippen molar-refractivity contribution >= 4 is 25.0 Å². The first-order valence-corrected chi connectivity index (χ1v) is 10.6. The second kappa shape index (κ2) is 7.94. The highest BCUT2D eigenvalue weighted by Gasteiger charge is 2.50. The van der Waals surface area contributed by atoms with Crippen LogP contribution < -0.4 is 10.4 Å². The molecule has 0 aliphatic rings. The summed E-state index contributed by atoms with van der Waals surface area (Å²) >= 11 is 0. The van der Waals surface area contributed by atoms with E-state index in [1.165, 1.54) is 10.4 Å². The zero-order chi connectivity index (χ0) is 18.5. The molecule has 0 bridgehead atoms. The predicted molar refractivity (Wildman–Crippen MR) is 108 cm³/mol. The van der Waals surface area contributed by atoms with Crippen molar-refractivity contribution in [3.05, 3.63) is 71.8 Å². The lowest BCUT2D eigenvalue weighted by Crippen LogP contribution is -2.66. The average molecular weight is 353 g/mol. The molecular weight excluding hydrogens is 324 g/mol. The monoisotopic (exact) mass is 352 g/mol. The molecular formula is C22H28O2Si. The van der Waals surface area contributed by atoms with Crippen LogP contribution in [0.1, 0.15) is 34.6 Å². The highest BCUT2D eigenvalue weighted by Crippen LogP contribution is 2.37. The van der Waals surface area contributed by atoms with Gasteiger partial charge in [0.25, 0.3) is 8.32 Å². The molecule has 0 unspecified atom stereocenters. The lowest BCUT2D eigenvalue weighted by atomic mass is 10.2. The van der Waals surface area contributed by atoms with Crippen LogP contribution >= 0.6 is 0 Å². The second-order valence-electron chi connectivity index (χ2n) is 7.60. The summed E-state index contributed by atoms with van der Waals surface area (Å²) in [4.78, 5) is 11.5. The summed E-state index contributed by atoms with van der Waals surface area (Å²) in [6.07, 6.45) is 0.924. The quantitative estimate of drug-likeness (QED) is 0.444. The first-order chi connectivity index (χ1) is 11.8. The van der Waals surface area contributed by atoms with Crippen molar-refractivity contribution in [1.29, 1.82) is 0 Å². The molecule has 0 N–H and O–H groups in total. The summed E-state index contributed by atoms with van der Waals surface area (Å²) < 4.78 is 6.73. The highest BCUT2D eigenvalue weighted by molar-refractivity contribution is 6.99. The van der Waals surface area contributed by atoms with E-state index in [0.29, 0.717) is 6.61 Å². The topological polar surface area (TPSA) is 26.3 Å². The second-order valence-corrected chi connectivity index (χ2v) is 11.9. The van der Waals surface area contributed by atoms with Gasteiger partial charge in [-0.1, -0.05) is 87.0 Å². The first-order valence-electron chi connectivity index (χ1n) is 8.69. The molecule has 0 aliphatic heterocycles. The predicted octanol–water partition coefficient (Wildman–Crippen LogP) is 4.10. The third-order valence-corrected chi connectivity index (χ3v) is 9.63. The van der Waals surface area contributed by atoms with E-state index in [2.05, 4.69) is 69.3 Å². The van der Waals surface area contributed by atoms with Gasteiger partial charge >= 0.3 is 0 Å². The van der Waals surface area contributed by atoms with Crippen LogP contribution in [0.4, 0.5) is 0 Å². The molecule has 0 fully saturated rings. The normalized spacial score (nSPS) is 11.9. The van der Waals surface area contributed by atoms with E-state index in [4.69, 9.17) is 4.43 Å². The Bertz CT molecular complexity index is 684. The number of carbonyl (C=O) groups excluding carboxylic acids is 1. The molecule has 0 atom stereocenters. The van der Waals surface area contributed by atoms with Gasteiger partial charge in [0.2, 0.25) is 0 Å². The molecule has 0 aromatic heterocycles. The molecule has 0 heterocycles. The Morgan fingerprint density at radius 2 is 1.36 bits per heavy atom. The fourth-order valence-electron chi connectivity index (χ4n) is 3.24. The molecule has 2 nitrogen and oxygen atoms in total. The summed E-state index contributed by atoms with van der Waals surface area (Å²) in [6.45, 7) is 11.0. The number of benzene rings is 2. The van der Waals surface area contributed by atoms with Gasteiger partial charge in [-0.3, -0.25) is 4.79 Å². The fraction of sp³-hybridized carbons (Fsp3) is 0.318. The zero-order valence-electron chi connectivity index (χ0n) is 15.9. The van der Waals surface area contributed by atoms with E-state index >= 15 is 0 Å². The number of carbonyl (C=O) groups is 1. The largest absolute Gasteiger partial charge is 0.403 e. The summed E-state index contributed by atoms with van der Waals surface area (Å²) in [5.41, 5.74) is 1.74. The Morgan fingerprint density at radius 1 is 0.920 bits per heavy atom. The molecule has 0 aliphatic carbocycles. The van der Waals surface area contributed by atoms with E-state index in [0.717, 1.165) is 17.4 Å². The Kier molecular flexibility index (Phi) is 6.14. The number of aldehydes is 1. The minimum atomic E-state index is -2.57. The van der Waals surface area contributed by atoms with Crippen molar-refractivity contribution in [1.82, 2.24) is 0 Å². The Morgan fingerprint density at radius 3 is 1.68 bits per heavy atom. The third-order valence-electron chi connectivity index (χ3n) is 4.65. The molecule has 0 saturated carbocycles. The van der Waals surface area contributed by atoms with Crippen LogP contribution in [0.25, 0.3) is 0 Å². The van der Waals surface area contributed by atoms with Crippen molar-refractivity contribution in [2.75, 3.05) is 6.61 Å². The summed E-state index contributed by atoms with van der Waals surface area (Å²) in [6, 6.07) is 21.0. The molecule has 0 saturated heterocycles. The van der Waals surface area contributed by atoms with Crippen LogP contribution in [-0.4, -0.2) is 21.2 Å². The van der Waals surface area contributed by atoms with Crippen LogP contribution in [-0.2, 0) is 9.22 Å². The molecule has 2 aromatic rings. The first kappa shape index (κ1) is 19.4. The summed E-state index contributed by atoms with van der Waals surface area (Å²) in [7, 11) is -2.57. The van der Waals surface area contributed by atoms with E-state index < -0.39 is 8.32 Å². The summed E-state index contributed by atoms with van der Waals surface area (Å²) in [5.74, 6) is 0. The molecule has 0 spiro atoms. The molecule has 132 valence electrons. The molecule has 0 radical (unpaired) electrons. The van der Waals surface area contributed by atoms with Gasteiger partial charge in [0.05, 0.1) is 6.61 Å². The minimum Gasteiger partial charge on any atom is -0.403 e. The van der Waals surface area contributed by atoms with E-state index in [-0.39, 0.29) is 5.04 Å². The van der Waals surface area contributed by atoms with Gasteiger partial charge in [-0.15, -0.1) is 0 Å². The van der Waals surface area contributed by atoms with Crippen molar-refractivity contribution in [2.45, 2.75) is 39.7 Å². The SMILES string of the molecule is CC(C)=C(C=O)CO[Si](c1ccccc1)(c1ccccc1)C(C)(C)C. The average Bonchev–Trinajstić information content (AvgIpc) is 2.59. The standard InChI is InChI=1S/C22H28O2Si/c1-18(2)19(16-23)17-24-25(22(3,4)5,20-12-8-6-9-13-20)21-14-10-7-11-15-21/h6-16H,17H2,1-5H3. The molecule has 0 amide bonds. The molecule has 3 heteroatoms. The number of allylic oxidation sites excluding steroid dienone is 1. The van der Waals surface area contributed by atoms with Gasteiger partial charge in [-0.2, -0.15) is 0 Å². The lowest BCUT2D eigenvalue weighted by Gasteiger charge is -2.43. The van der Waals surface area contributed by atoms with Crippen LogP contribution in [0.15, 0.2) is 71.8 Å². The zero-order valence-corrected chi connectivity index (χ0v) is 16.9. The third kappa shape index (κ3) is 3.99. The number of hydrogen-bond donors (Lipinski definition) is 0. The van der Waals surface area contributed by atoms with Gasteiger partial charge in [0.1, 0.15) is 6.29 Å². The Balaban J connectivity index is 2.65. The Hall–Kier alpha value is -1.97. The van der Waals surface area contributed by atoms with Crippen LogP contribution in [0, 0.1) is 0 Å². The lowest BCUT2D eigenvalue weighted by molar-refractivity contribution is -0.105. The minimum absolute atomic E-state index is 0.0780. The van der Waals surface area contributed by atoms with Gasteiger partial charge in [0, 0.05) is 5.57 Å². The smallest absolute Gasteiger partial charge is 0.261 e. The van der Waals surface area contributed by atoms with Crippen molar-refractivity contribution in [3.8, 4) is 0 Å². The molecule has 2 rings (SSSR count). The maximum absolute atomic E-state index is 11.5. The van der Waals surface area contributed by atoms with Crippen molar-refractivity contribution in [2.24, 2.45) is 0 Å². The van der Waals surface area contributed by atoms with Crippen LogP contribution in [0.3, 0.4) is 0 Å².